The molecule has 0 aliphatic carbocycles. The van der Waals surface area contributed by atoms with Crippen molar-refractivity contribution in [2.24, 2.45) is 0 Å². The van der Waals surface area contributed by atoms with Gasteiger partial charge in [0.05, 0.1) is 11.8 Å². The summed E-state index contributed by atoms with van der Waals surface area (Å²) in [7, 11) is 0. The quantitative estimate of drug-likeness (QED) is 0.819. The predicted octanol–water partition coefficient (Wildman–Crippen LogP) is 0.336. The molecule has 2 heterocycles. The Morgan fingerprint density at radius 3 is 2.88 bits per heavy atom. The van der Waals surface area contributed by atoms with Gasteiger partial charge in [-0.1, -0.05) is 0 Å². The van der Waals surface area contributed by atoms with E-state index in [1.54, 1.807) is 6.07 Å². The number of hydrogen-bond donors (Lipinski definition) is 2. The maximum atomic E-state index is 11.5. The SMILES string of the molecule is Cl.O=C(NCCN1CCNCC1)c1ccoc1. The molecule has 96 valence electrons. The number of hydrogen-bond acceptors (Lipinski definition) is 4. The van der Waals surface area contributed by atoms with Gasteiger partial charge in [-0.15, -0.1) is 12.4 Å². The number of carbonyl (C=O) groups excluding carboxylic acids is 1. The van der Waals surface area contributed by atoms with E-state index >= 15 is 0 Å². The van der Waals surface area contributed by atoms with Crippen LogP contribution in [0.4, 0.5) is 0 Å². The van der Waals surface area contributed by atoms with E-state index in [2.05, 4.69) is 15.5 Å². The summed E-state index contributed by atoms with van der Waals surface area (Å²) in [6, 6.07) is 1.67. The molecule has 1 amide bonds. The molecule has 5 nitrogen and oxygen atoms in total. The monoisotopic (exact) mass is 259 g/mol. The lowest BCUT2D eigenvalue weighted by molar-refractivity contribution is 0.0946. The van der Waals surface area contributed by atoms with Gasteiger partial charge in [-0.25, -0.2) is 0 Å². The van der Waals surface area contributed by atoms with Gasteiger partial charge in [-0.05, 0) is 6.07 Å². The van der Waals surface area contributed by atoms with Gasteiger partial charge in [-0.3, -0.25) is 9.69 Å². The van der Waals surface area contributed by atoms with Crippen LogP contribution in [0.5, 0.6) is 0 Å². The second kappa shape index (κ2) is 7.32. The van der Waals surface area contributed by atoms with Gasteiger partial charge in [0.2, 0.25) is 0 Å². The molecule has 0 aromatic carbocycles. The normalized spacial score (nSPS) is 16.2. The first-order chi connectivity index (χ1) is 7.86. The van der Waals surface area contributed by atoms with E-state index in [4.69, 9.17) is 4.42 Å². The van der Waals surface area contributed by atoms with E-state index in [9.17, 15) is 4.79 Å². The highest BCUT2D eigenvalue weighted by molar-refractivity contribution is 5.93. The highest BCUT2D eigenvalue weighted by Gasteiger charge is 2.10. The molecule has 2 rings (SSSR count). The van der Waals surface area contributed by atoms with Crippen LogP contribution in [0.1, 0.15) is 10.4 Å². The molecule has 0 radical (unpaired) electrons. The van der Waals surface area contributed by atoms with Crippen molar-refractivity contribution >= 4 is 18.3 Å². The van der Waals surface area contributed by atoms with Crippen molar-refractivity contribution in [1.82, 2.24) is 15.5 Å². The Balaban J connectivity index is 0.00000144. The summed E-state index contributed by atoms with van der Waals surface area (Å²) in [4.78, 5) is 13.9. The second-order valence-electron chi connectivity index (χ2n) is 3.86. The number of carbonyl (C=O) groups is 1. The topological polar surface area (TPSA) is 57.5 Å². The molecule has 17 heavy (non-hydrogen) atoms. The van der Waals surface area contributed by atoms with Crippen LogP contribution >= 0.6 is 12.4 Å². The molecule has 0 bridgehead atoms. The van der Waals surface area contributed by atoms with Crippen LogP contribution in [0.2, 0.25) is 0 Å². The number of nitrogens with zero attached hydrogens (tertiary/aromatic N) is 1. The lowest BCUT2D eigenvalue weighted by Crippen LogP contribution is -2.46. The van der Waals surface area contributed by atoms with E-state index < -0.39 is 0 Å². The zero-order valence-electron chi connectivity index (χ0n) is 9.65. The molecule has 1 fully saturated rings. The largest absolute Gasteiger partial charge is 0.472 e. The van der Waals surface area contributed by atoms with Crippen LogP contribution < -0.4 is 10.6 Å². The standard InChI is InChI=1S/C11H17N3O2.ClH/c15-11(10-1-8-16-9-10)13-4-7-14-5-2-12-3-6-14;/h1,8-9,12H,2-7H2,(H,13,15);1H. The van der Waals surface area contributed by atoms with Crippen LogP contribution in [0.25, 0.3) is 0 Å². The first-order valence-electron chi connectivity index (χ1n) is 5.60. The third kappa shape index (κ3) is 4.38. The third-order valence-electron chi connectivity index (χ3n) is 2.71. The lowest BCUT2D eigenvalue weighted by atomic mass is 10.3. The fourth-order valence-corrected chi connectivity index (χ4v) is 1.76. The second-order valence-corrected chi connectivity index (χ2v) is 3.86. The van der Waals surface area contributed by atoms with Gasteiger partial charge in [0, 0.05) is 39.3 Å². The average molecular weight is 260 g/mol. The Morgan fingerprint density at radius 2 is 2.24 bits per heavy atom. The molecule has 0 saturated carbocycles. The van der Waals surface area contributed by atoms with E-state index in [1.807, 2.05) is 0 Å². The Morgan fingerprint density at radius 1 is 1.47 bits per heavy atom. The maximum Gasteiger partial charge on any atom is 0.254 e. The number of furan rings is 1. The highest BCUT2D eigenvalue weighted by Crippen LogP contribution is 1.98. The van der Waals surface area contributed by atoms with E-state index in [0.29, 0.717) is 12.1 Å². The smallest absolute Gasteiger partial charge is 0.254 e. The summed E-state index contributed by atoms with van der Waals surface area (Å²) in [5, 5.41) is 6.17. The summed E-state index contributed by atoms with van der Waals surface area (Å²) in [6.45, 7) is 5.78. The van der Waals surface area contributed by atoms with Gasteiger partial charge < -0.3 is 15.1 Å². The molecule has 1 aromatic rings. The van der Waals surface area contributed by atoms with Crippen molar-refractivity contribution in [2.75, 3.05) is 39.3 Å². The minimum atomic E-state index is -0.0658. The first kappa shape index (κ1) is 14.0. The van der Waals surface area contributed by atoms with Crippen LogP contribution in [-0.4, -0.2) is 50.1 Å². The number of nitrogens with one attached hydrogen (secondary N) is 2. The Bertz CT molecular complexity index is 323. The molecule has 6 heteroatoms. The third-order valence-corrected chi connectivity index (χ3v) is 2.71. The van der Waals surface area contributed by atoms with Crippen molar-refractivity contribution in [3.63, 3.8) is 0 Å². The van der Waals surface area contributed by atoms with Gasteiger partial charge in [0.1, 0.15) is 6.26 Å². The van der Waals surface area contributed by atoms with Gasteiger partial charge in [0.25, 0.3) is 5.91 Å². The average Bonchev–Trinajstić information content (AvgIpc) is 2.84. The van der Waals surface area contributed by atoms with Crippen molar-refractivity contribution in [3.05, 3.63) is 24.2 Å². The summed E-state index contributed by atoms with van der Waals surface area (Å²) in [5.41, 5.74) is 0.584. The molecular formula is C11H18ClN3O2. The first-order valence-corrected chi connectivity index (χ1v) is 5.60. The Hall–Kier alpha value is -1.04. The zero-order valence-corrected chi connectivity index (χ0v) is 10.5. The minimum Gasteiger partial charge on any atom is -0.472 e. The van der Waals surface area contributed by atoms with E-state index in [0.717, 1.165) is 32.7 Å². The molecule has 1 aliphatic rings. The lowest BCUT2D eigenvalue weighted by Gasteiger charge is -2.26. The number of rotatable bonds is 4. The van der Waals surface area contributed by atoms with Gasteiger partial charge in [-0.2, -0.15) is 0 Å². The fraction of sp³-hybridized carbons (Fsp3) is 0.545. The summed E-state index contributed by atoms with van der Waals surface area (Å²) < 4.78 is 4.85. The van der Waals surface area contributed by atoms with E-state index in [-0.39, 0.29) is 18.3 Å². The number of halogens is 1. The van der Waals surface area contributed by atoms with Crippen molar-refractivity contribution in [3.8, 4) is 0 Å². The molecular weight excluding hydrogens is 242 g/mol. The van der Waals surface area contributed by atoms with Crippen LogP contribution in [-0.2, 0) is 0 Å². The predicted molar refractivity (Wildman–Crippen MR) is 67.6 cm³/mol. The Kier molecular flexibility index (Phi) is 6.04. The highest BCUT2D eigenvalue weighted by atomic mass is 35.5. The van der Waals surface area contributed by atoms with Gasteiger partial charge in [0.15, 0.2) is 0 Å². The molecule has 1 aromatic heterocycles. The molecule has 0 atom stereocenters. The van der Waals surface area contributed by atoms with Crippen molar-refractivity contribution in [1.29, 1.82) is 0 Å². The summed E-state index contributed by atoms with van der Waals surface area (Å²) >= 11 is 0. The van der Waals surface area contributed by atoms with Crippen LogP contribution in [0.15, 0.2) is 23.0 Å². The molecule has 0 spiro atoms. The maximum absolute atomic E-state index is 11.5. The summed E-state index contributed by atoms with van der Waals surface area (Å²) in [6.07, 6.45) is 2.96. The van der Waals surface area contributed by atoms with Gasteiger partial charge >= 0.3 is 0 Å². The van der Waals surface area contributed by atoms with E-state index in [1.165, 1.54) is 12.5 Å². The molecule has 2 N–H and O–H groups in total. The summed E-state index contributed by atoms with van der Waals surface area (Å²) in [5.74, 6) is -0.0658. The Labute approximate surface area is 107 Å². The fourth-order valence-electron chi connectivity index (χ4n) is 1.76. The molecule has 1 aliphatic heterocycles. The van der Waals surface area contributed by atoms with Crippen molar-refractivity contribution < 1.29 is 9.21 Å². The molecule has 1 saturated heterocycles. The van der Waals surface area contributed by atoms with Crippen LogP contribution in [0, 0.1) is 0 Å². The zero-order chi connectivity index (χ0) is 11.2. The molecule has 0 unspecified atom stereocenters. The number of amides is 1. The minimum absolute atomic E-state index is 0. The van der Waals surface area contributed by atoms with Crippen LogP contribution in [0.3, 0.4) is 0 Å². The number of piperazine rings is 1. The van der Waals surface area contributed by atoms with Crippen molar-refractivity contribution in [2.45, 2.75) is 0 Å².